The van der Waals surface area contributed by atoms with E-state index in [1.807, 2.05) is 85.5 Å². The number of nitrogens with zero attached hydrogens (tertiary/aromatic N) is 8. The van der Waals surface area contributed by atoms with Crippen LogP contribution in [-0.4, -0.2) is 143 Å². The third-order valence-corrected chi connectivity index (χ3v) is 21.9. The Bertz CT molecular complexity index is 7130. The van der Waals surface area contributed by atoms with Crippen LogP contribution in [0.2, 0.25) is 5.02 Å². The standard InChI is InChI=1S/C23H16N2O3.C19H16ClNO4.C19H18N2O5.C18H17N3O5S.C14H18N4O3/c26-22(24-28)15-10-9-14-11-12-25(23(27)20(14)13-15)21-18-7-3-1-5-16(18)17-6-2-4-8-19(17)21;20-16-3-1-2-4-18(16)25-10-9-21-8-7-13-5-6-14(17(23)12-22)11-15(13)19(21)24;1-25-15-7-12(8-16(10-15)26-2)11-21-6-5-13-3-4-14(18(22)20-24)9-17(13)19(21)23;1-27(25,26)10-13-4-2-3-12(7-13)9-21-11-19-16-6-5-14(17(22)20-24)8-15(16)18(21)23;1-4-18(5-2)14-15-11-7-6-9(12(19)16-21)8-10(11)13(20)17(14)3/h1-13,21,28H,(H,24,26);1-8,11,22H,9-10,12H2;3-10,24H,11H2,1-2H3,(H,20,22);2-8,11,24H,9-10H2,1H3,(H,20,22);6-8,21H,4-5H2,1-3H3,(H,16,19). The van der Waals surface area contributed by atoms with Crippen LogP contribution in [0.15, 0.2) is 273 Å². The Hall–Kier alpha value is -15.1. The average molecular weight is 1760 g/mol. The number of carbonyl (C=O) groups excluding carboxylic acids is 5. The number of methoxy groups -OCH3 is 2. The average Bonchev–Trinajstić information content (AvgIpc) is 1.60. The van der Waals surface area contributed by atoms with Gasteiger partial charge in [0.2, 0.25) is 5.95 Å². The number of nitrogens with one attached hydrogen (secondary N) is 4. The molecule has 0 atom stereocenters. The number of carbonyl (C=O) groups is 5. The molecule has 0 fully saturated rings. The van der Waals surface area contributed by atoms with Crippen LogP contribution in [0.4, 0.5) is 5.95 Å². The van der Waals surface area contributed by atoms with Gasteiger partial charge >= 0.3 is 0 Å². The minimum Gasteiger partial charge on any atom is -0.497 e. The SMILES string of the molecule is CCN(CC)c1nc2ccc(C(=O)NO)cc2c(=O)n1C.COc1cc(Cn2ccc3ccc(C(=O)NO)cc3c2=O)cc(OC)c1.CS(=O)(=O)Cc1cccc(Cn2cnc3ccc(C(=O)NO)cc3c2=O)c1.O=C(CO)c1ccc2ccn(CCOc3ccccc3Cl)c(=O)c2c1.O=C(NO)c1ccc2ccn(C3c4ccccc4-c4ccccc43)c(=O)c2c1. The van der Waals surface area contributed by atoms with Crippen molar-refractivity contribution < 1.29 is 72.5 Å². The lowest BCUT2D eigenvalue weighted by Gasteiger charge is -2.22. The molecule has 16 rings (SSSR count). The van der Waals surface area contributed by atoms with E-state index in [4.69, 9.17) is 51.7 Å². The molecule has 32 nitrogen and oxygen atoms in total. The number of Topliss-reactive ketones (excluding diaryl/α,β-unsaturated/α-hetero) is 1. The predicted octanol–water partition coefficient (Wildman–Crippen LogP) is 10.8. The number of para-hydroxylation sites is 1. The van der Waals surface area contributed by atoms with Crippen LogP contribution in [0.25, 0.3) is 65.3 Å². The van der Waals surface area contributed by atoms with Crippen LogP contribution in [0.5, 0.6) is 17.2 Å². The molecule has 10 aromatic carbocycles. The minimum absolute atomic E-state index is 0.0780. The number of aliphatic hydroxyl groups is 1. The summed E-state index contributed by atoms with van der Waals surface area (Å²) in [6.07, 6.45) is 7.76. The second-order valence-corrected chi connectivity index (χ2v) is 31.4. The molecule has 5 heterocycles. The van der Waals surface area contributed by atoms with Gasteiger partial charge in [-0.25, -0.2) is 40.3 Å². The predicted molar refractivity (Wildman–Crippen MR) is 478 cm³/mol. The van der Waals surface area contributed by atoms with Crippen molar-refractivity contribution in [2.75, 3.05) is 51.7 Å². The van der Waals surface area contributed by atoms with Crippen LogP contribution < -0.4 is 68.8 Å². The molecule has 34 heteroatoms. The molecule has 4 amide bonds. The second-order valence-electron chi connectivity index (χ2n) is 28.9. The maximum atomic E-state index is 13.4. The van der Waals surface area contributed by atoms with Gasteiger partial charge in [0.25, 0.3) is 51.4 Å². The summed E-state index contributed by atoms with van der Waals surface area (Å²) in [5.74, 6) is -0.764. The van der Waals surface area contributed by atoms with Gasteiger partial charge in [0.1, 0.15) is 30.5 Å². The van der Waals surface area contributed by atoms with Gasteiger partial charge in [-0.15, -0.1) is 0 Å². The Morgan fingerprint density at radius 3 is 1.47 bits per heavy atom. The summed E-state index contributed by atoms with van der Waals surface area (Å²) in [5.41, 5.74) is 13.7. The molecule has 0 spiro atoms. The molecular weight excluding hydrogens is 1670 g/mol. The van der Waals surface area contributed by atoms with E-state index in [0.29, 0.717) is 90.4 Å². The van der Waals surface area contributed by atoms with Gasteiger partial charge < -0.3 is 37.9 Å². The zero-order chi connectivity index (χ0) is 90.9. The Kier molecular flexibility index (Phi) is 29.4. The Morgan fingerprint density at radius 2 is 0.937 bits per heavy atom. The molecule has 0 saturated carbocycles. The first-order valence-corrected chi connectivity index (χ1v) is 41.7. The Labute approximate surface area is 728 Å². The molecule has 9 N–H and O–H groups in total. The molecule has 1 aliphatic carbocycles. The first kappa shape index (κ1) is 91.1. The number of ether oxygens (including phenoxy) is 3. The number of hydroxylamine groups is 4. The fraction of sp³-hybridized carbons (Fsp3) is 0.161. The van der Waals surface area contributed by atoms with Gasteiger partial charge in [0.05, 0.1) is 78.8 Å². The lowest BCUT2D eigenvalue weighted by Crippen LogP contribution is -2.31. The fourth-order valence-corrected chi connectivity index (χ4v) is 15.4. The molecular formula is C93H85ClN12O20S. The Balaban J connectivity index is 0.000000145. The van der Waals surface area contributed by atoms with Gasteiger partial charge in [0.15, 0.2) is 15.6 Å². The highest BCUT2D eigenvalue weighted by atomic mass is 35.5. The summed E-state index contributed by atoms with van der Waals surface area (Å²) in [6.45, 7) is 6.04. The van der Waals surface area contributed by atoms with Gasteiger partial charge in [-0.3, -0.25) is 77.9 Å². The summed E-state index contributed by atoms with van der Waals surface area (Å²) in [4.78, 5) is 133. The van der Waals surface area contributed by atoms with Gasteiger partial charge in [-0.1, -0.05) is 121 Å². The van der Waals surface area contributed by atoms with E-state index < -0.39 is 45.9 Å². The van der Waals surface area contributed by atoms with Gasteiger partial charge in [-0.2, -0.15) is 0 Å². The van der Waals surface area contributed by atoms with Crippen molar-refractivity contribution in [2.24, 2.45) is 7.05 Å². The summed E-state index contributed by atoms with van der Waals surface area (Å²) >= 11 is 6.03. The van der Waals surface area contributed by atoms with Crippen molar-refractivity contribution in [1.29, 1.82) is 0 Å². The number of rotatable bonds is 22. The molecule has 5 aromatic heterocycles. The first-order valence-electron chi connectivity index (χ1n) is 39.2. The van der Waals surface area contributed by atoms with Crippen molar-refractivity contribution >= 4 is 111 Å². The molecule has 0 bridgehead atoms. The van der Waals surface area contributed by atoms with Crippen molar-refractivity contribution in [2.45, 2.75) is 45.3 Å². The molecule has 127 heavy (non-hydrogen) atoms. The number of fused-ring (bicyclic) bond motifs is 8. The van der Waals surface area contributed by atoms with Crippen LogP contribution in [0.3, 0.4) is 0 Å². The number of amides is 4. The van der Waals surface area contributed by atoms with Crippen LogP contribution in [-0.2, 0) is 42.3 Å². The van der Waals surface area contributed by atoms with Gasteiger partial charge in [0, 0.05) is 95.0 Å². The zero-order valence-corrected chi connectivity index (χ0v) is 70.7. The molecule has 0 aliphatic heterocycles. The van der Waals surface area contributed by atoms with Crippen LogP contribution in [0, 0.1) is 0 Å². The van der Waals surface area contributed by atoms with Crippen molar-refractivity contribution in [3.05, 3.63) is 362 Å². The highest BCUT2D eigenvalue weighted by molar-refractivity contribution is 7.89. The van der Waals surface area contributed by atoms with Crippen molar-refractivity contribution in [1.82, 2.24) is 54.7 Å². The molecule has 0 radical (unpaired) electrons. The lowest BCUT2D eigenvalue weighted by molar-refractivity contribution is 0.0702. The number of benzene rings is 10. The monoisotopic (exact) mass is 1760 g/mol. The molecule has 1 aliphatic rings. The van der Waals surface area contributed by atoms with E-state index in [9.17, 15) is 56.4 Å². The van der Waals surface area contributed by atoms with Gasteiger partial charge in [-0.05, 0) is 178 Å². The number of pyridine rings is 3. The van der Waals surface area contributed by atoms with Crippen molar-refractivity contribution in [3.63, 3.8) is 0 Å². The molecule has 650 valence electrons. The lowest BCUT2D eigenvalue weighted by atomic mass is 10.0. The zero-order valence-electron chi connectivity index (χ0n) is 69.1. The highest BCUT2D eigenvalue weighted by Gasteiger charge is 2.31. The van der Waals surface area contributed by atoms with Crippen molar-refractivity contribution in [3.8, 4) is 28.4 Å². The van der Waals surface area contributed by atoms with E-state index in [0.717, 1.165) is 63.5 Å². The maximum Gasteiger partial charge on any atom is 0.274 e. The summed E-state index contributed by atoms with van der Waals surface area (Å²) in [5, 5.41) is 48.6. The first-order chi connectivity index (χ1) is 61.1. The number of anilines is 1. The van der Waals surface area contributed by atoms with Crippen LogP contribution >= 0.6 is 11.6 Å². The quantitative estimate of drug-likeness (QED) is 0.0173. The van der Waals surface area contributed by atoms with E-state index in [1.165, 1.54) is 78.6 Å². The fourth-order valence-electron chi connectivity index (χ4n) is 14.4. The highest BCUT2D eigenvalue weighted by Crippen LogP contribution is 2.45. The van der Waals surface area contributed by atoms with E-state index in [-0.39, 0.29) is 80.4 Å². The van der Waals surface area contributed by atoms with E-state index >= 15 is 0 Å². The normalized spacial score (nSPS) is 11.3. The van der Waals surface area contributed by atoms with E-state index in [2.05, 4.69) is 22.1 Å². The van der Waals surface area contributed by atoms with Crippen LogP contribution in [0.1, 0.15) is 99.5 Å². The number of aliphatic hydroxyl groups excluding tert-OH is 1. The number of aromatic nitrogens is 7. The second kappa shape index (κ2) is 40.9. The third kappa shape index (κ3) is 21.1. The topological polar surface area (TPSA) is 435 Å². The molecule has 15 aromatic rings. The smallest absolute Gasteiger partial charge is 0.274 e. The third-order valence-electron chi connectivity index (χ3n) is 20.8. The summed E-state index contributed by atoms with van der Waals surface area (Å²) in [7, 11) is 1.62. The van der Waals surface area contributed by atoms with E-state index in [1.54, 1.807) is 158 Å². The Morgan fingerprint density at radius 1 is 0.480 bits per heavy atom. The molecule has 0 saturated heterocycles. The number of sulfone groups is 1. The number of hydrogen-bond donors (Lipinski definition) is 9. The maximum absolute atomic E-state index is 13.4. The summed E-state index contributed by atoms with van der Waals surface area (Å²) < 4.78 is 46.7. The minimum atomic E-state index is -3.16. The molecule has 0 unspecified atom stereocenters. The number of ketones is 1. The summed E-state index contributed by atoms with van der Waals surface area (Å²) in [6, 6.07) is 64.2. The number of halogens is 1. The largest absolute Gasteiger partial charge is 0.497 e. The number of hydrogen-bond acceptors (Lipinski definition) is 23.